The molecular weight excluding hydrogens is 454 g/mol. The van der Waals surface area contributed by atoms with Gasteiger partial charge in [-0.1, -0.05) is 48.5 Å². The third-order valence-electron chi connectivity index (χ3n) is 7.48. The molecule has 0 spiro atoms. The molecule has 10 heteroatoms. The number of nitro benzene ring substituents is 1. The van der Waals surface area contributed by atoms with Crippen molar-refractivity contribution in [2.45, 2.75) is 11.5 Å². The lowest BCUT2D eigenvalue weighted by Crippen LogP contribution is -2.57. The van der Waals surface area contributed by atoms with Crippen LogP contribution in [0.15, 0.2) is 66.7 Å². The molecule has 174 valence electrons. The topological polar surface area (TPSA) is 133 Å². The second kappa shape index (κ2) is 6.95. The van der Waals surface area contributed by atoms with Crippen molar-refractivity contribution < 1.29 is 24.2 Å². The zero-order chi connectivity index (χ0) is 24.6. The number of hydrogen-bond acceptors (Lipinski definition) is 7. The number of benzene rings is 3. The van der Waals surface area contributed by atoms with Gasteiger partial charge in [-0.3, -0.25) is 29.8 Å². The molecule has 1 heterocycles. The summed E-state index contributed by atoms with van der Waals surface area (Å²) in [6.45, 7) is 0. The fraction of sp³-hybridized carbons (Fsp3) is 0.200. The SMILES string of the molecule is COc1ccc(N2C(=O)[C@@H]3C4c5ccccc5C([N+](=O)[O-])(c5ccccc54)[C@@H]3C2=O)c([N+](=O)[O-])c1. The van der Waals surface area contributed by atoms with Gasteiger partial charge in [-0.25, -0.2) is 4.90 Å². The number of carbonyl (C=O) groups excluding carboxylic acids is 2. The summed E-state index contributed by atoms with van der Waals surface area (Å²) in [5.41, 5.74) is -0.722. The molecule has 1 saturated heterocycles. The molecule has 0 saturated carbocycles. The van der Waals surface area contributed by atoms with Crippen molar-refractivity contribution in [3.8, 4) is 5.75 Å². The summed E-state index contributed by atoms with van der Waals surface area (Å²) in [4.78, 5) is 52.2. The van der Waals surface area contributed by atoms with Gasteiger partial charge in [0.15, 0.2) is 0 Å². The standard InChI is InChI=1S/C25H17N3O7/c1-35-13-10-11-18(19(12-13)27(31)32)26-23(29)21-20-14-6-2-4-8-16(14)25(28(33)34,22(21)24(26)30)17-9-5-3-7-15(17)20/h2-12,20-22H,1H3/t20?,21-,22+,25?/m1/s1. The molecule has 7 rings (SSSR count). The number of hydrogen-bond donors (Lipinski definition) is 0. The van der Waals surface area contributed by atoms with Crippen molar-refractivity contribution in [3.05, 3.63) is 109 Å². The van der Waals surface area contributed by atoms with Crippen LogP contribution in [0.5, 0.6) is 5.75 Å². The molecule has 1 fully saturated rings. The van der Waals surface area contributed by atoms with Crippen LogP contribution >= 0.6 is 0 Å². The lowest BCUT2D eigenvalue weighted by Gasteiger charge is -2.48. The molecule has 4 aliphatic rings. The molecule has 2 atom stereocenters. The molecule has 1 aliphatic heterocycles. The highest BCUT2D eigenvalue weighted by molar-refractivity contribution is 6.24. The predicted molar refractivity (Wildman–Crippen MR) is 122 cm³/mol. The van der Waals surface area contributed by atoms with E-state index >= 15 is 0 Å². The molecule has 0 N–H and O–H groups in total. The van der Waals surface area contributed by atoms with Crippen molar-refractivity contribution in [2.24, 2.45) is 11.8 Å². The Labute approximate surface area is 198 Å². The monoisotopic (exact) mass is 471 g/mol. The molecule has 3 aromatic rings. The smallest absolute Gasteiger partial charge is 0.297 e. The summed E-state index contributed by atoms with van der Waals surface area (Å²) >= 11 is 0. The number of ether oxygens (including phenoxy) is 1. The minimum Gasteiger partial charge on any atom is -0.496 e. The third kappa shape index (κ3) is 2.38. The molecule has 10 nitrogen and oxygen atoms in total. The molecule has 3 aliphatic carbocycles. The first-order valence-electron chi connectivity index (χ1n) is 10.9. The highest BCUT2D eigenvalue weighted by atomic mass is 16.6. The second-order valence-electron chi connectivity index (χ2n) is 8.80. The van der Waals surface area contributed by atoms with Crippen molar-refractivity contribution in [3.63, 3.8) is 0 Å². The largest absolute Gasteiger partial charge is 0.496 e. The van der Waals surface area contributed by atoms with Gasteiger partial charge in [-0.15, -0.1) is 0 Å². The summed E-state index contributed by atoms with van der Waals surface area (Å²) < 4.78 is 5.06. The van der Waals surface area contributed by atoms with E-state index in [1.807, 2.05) is 0 Å². The normalized spacial score (nSPS) is 25.6. The van der Waals surface area contributed by atoms with E-state index in [0.29, 0.717) is 22.3 Å². The maximum absolute atomic E-state index is 13.9. The first-order valence-corrected chi connectivity index (χ1v) is 10.9. The van der Waals surface area contributed by atoms with Gasteiger partial charge >= 0.3 is 0 Å². The van der Waals surface area contributed by atoms with Gasteiger partial charge in [-0.05, 0) is 23.3 Å². The van der Waals surface area contributed by atoms with Crippen LogP contribution in [-0.4, -0.2) is 28.8 Å². The predicted octanol–water partition coefficient (Wildman–Crippen LogP) is 3.39. The van der Waals surface area contributed by atoms with Crippen LogP contribution in [0, 0.1) is 32.1 Å². The van der Waals surface area contributed by atoms with Crippen LogP contribution in [0.2, 0.25) is 0 Å². The summed E-state index contributed by atoms with van der Waals surface area (Å²) in [6.07, 6.45) is 0. The molecular formula is C25H17N3O7. The van der Waals surface area contributed by atoms with E-state index in [9.17, 15) is 29.8 Å². The van der Waals surface area contributed by atoms with Crippen LogP contribution in [0.3, 0.4) is 0 Å². The van der Waals surface area contributed by atoms with Crippen LogP contribution in [0.25, 0.3) is 0 Å². The molecule has 3 aromatic carbocycles. The number of carbonyl (C=O) groups is 2. The molecule has 2 amide bonds. The Morgan fingerprint density at radius 1 is 0.886 bits per heavy atom. The summed E-state index contributed by atoms with van der Waals surface area (Å²) in [5, 5.41) is 24.8. The van der Waals surface area contributed by atoms with Gasteiger partial charge in [0.05, 0.1) is 24.0 Å². The average molecular weight is 471 g/mol. The van der Waals surface area contributed by atoms with E-state index < -0.39 is 50.6 Å². The number of nitro groups is 2. The number of imide groups is 1. The average Bonchev–Trinajstić information content (AvgIpc) is 3.14. The maximum Gasteiger partial charge on any atom is 0.297 e. The Hall–Kier alpha value is -4.60. The third-order valence-corrected chi connectivity index (χ3v) is 7.48. The van der Waals surface area contributed by atoms with Crippen LogP contribution in [0.1, 0.15) is 28.2 Å². The highest BCUT2D eigenvalue weighted by Crippen LogP contribution is 2.64. The Bertz CT molecular complexity index is 1440. The number of anilines is 1. The lowest BCUT2D eigenvalue weighted by atomic mass is 9.51. The first kappa shape index (κ1) is 21.0. The molecule has 2 bridgehead atoms. The fourth-order valence-corrected chi connectivity index (χ4v) is 6.24. The van der Waals surface area contributed by atoms with Gasteiger partial charge in [0, 0.05) is 22.0 Å². The Morgan fingerprint density at radius 2 is 1.49 bits per heavy atom. The van der Waals surface area contributed by atoms with E-state index in [-0.39, 0.29) is 11.4 Å². The van der Waals surface area contributed by atoms with Crippen LogP contribution < -0.4 is 9.64 Å². The second-order valence-corrected chi connectivity index (χ2v) is 8.80. The fourth-order valence-electron chi connectivity index (χ4n) is 6.24. The van der Waals surface area contributed by atoms with Gasteiger partial charge in [0.2, 0.25) is 11.8 Å². The van der Waals surface area contributed by atoms with Crippen molar-refractivity contribution in [2.75, 3.05) is 12.0 Å². The van der Waals surface area contributed by atoms with Crippen molar-refractivity contribution in [1.82, 2.24) is 0 Å². The number of methoxy groups -OCH3 is 1. The lowest BCUT2D eigenvalue weighted by molar-refractivity contribution is -0.578. The van der Waals surface area contributed by atoms with Gasteiger partial charge in [0.1, 0.15) is 17.4 Å². The molecule has 0 unspecified atom stereocenters. The van der Waals surface area contributed by atoms with E-state index in [0.717, 1.165) is 11.0 Å². The van der Waals surface area contributed by atoms with Crippen molar-refractivity contribution >= 4 is 23.2 Å². The zero-order valence-electron chi connectivity index (χ0n) is 18.3. The quantitative estimate of drug-likeness (QED) is 0.324. The van der Waals surface area contributed by atoms with E-state index in [1.165, 1.54) is 19.2 Å². The summed E-state index contributed by atoms with van der Waals surface area (Å²) in [6, 6.07) is 17.4. The Morgan fingerprint density at radius 3 is 2.03 bits per heavy atom. The first-order chi connectivity index (χ1) is 16.8. The number of nitrogens with zero attached hydrogens (tertiary/aromatic N) is 3. The molecule has 0 aromatic heterocycles. The molecule has 35 heavy (non-hydrogen) atoms. The Kier molecular flexibility index (Phi) is 4.17. The van der Waals surface area contributed by atoms with E-state index in [2.05, 4.69) is 0 Å². The minimum atomic E-state index is -1.99. The summed E-state index contributed by atoms with van der Waals surface area (Å²) in [5.74, 6) is -4.33. The summed E-state index contributed by atoms with van der Waals surface area (Å²) in [7, 11) is 1.34. The van der Waals surface area contributed by atoms with Crippen LogP contribution in [-0.2, 0) is 15.1 Å². The zero-order valence-corrected chi connectivity index (χ0v) is 18.3. The van der Waals surface area contributed by atoms with Crippen LogP contribution in [0.4, 0.5) is 11.4 Å². The molecule has 0 radical (unpaired) electrons. The maximum atomic E-state index is 13.9. The van der Waals surface area contributed by atoms with Gasteiger partial charge < -0.3 is 4.74 Å². The van der Waals surface area contributed by atoms with E-state index in [4.69, 9.17) is 4.74 Å². The van der Waals surface area contributed by atoms with Gasteiger partial charge in [-0.2, -0.15) is 0 Å². The number of amides is 2. The van der Waals surface area contributed by atoms with E-state index in [1.54, 1.807) is 48.5 Å². The minimum absolute atomic E-state index is 0.179. The van der Waals surface area contributed by atoms with Gasteiger partial charge in [0.25, 0.3) is 11.2 Å². The Balaban J connectivity index is 1.64. The highest BCUT2D eigenvalue weighted by Gasteiger charge is 2.75. The van der Waals surface area contributed by atoms with Crippen molar-refractivity contribution in [1.29, 1.82) is 0 Å². The number of rotatable bonds is 4.